The maximum atomic E-state index is 13.1. The Balaban J connectivity index is 2.27. The number of carbonyl (C=O) groups is 5. The fourth-order valence-electron chi connectivity index (χ4n) is 3.91. The van der Waals surface area contributed by atoms with E-state index in [-0.39, 0.29) is 30.1 Å². The Hall–Kier alpha value is -3.63. The van der Waals surface area contributed by atoms with Gasteiger partial charge < -0.3 is 30.5 Å². The summed E-state index contributed by atoms with van der Waals surface area (Å²) in [5.74, 6) is -3.73. The highest BCUT2D eigenvalue weighted by atomic mass is 16.6. The molecule has 0 spiro atoms. The summed E-state index contributed by atoms with van der Waals surface area (Å²) in [5.41, 5.74) is -0.170. The number of para-hydroxylation sites is 1. The second-order valence-electron chi connectivity index (χ2n) is 9.18. The summed E-state index contributed by atoms with van der Waals surface area (Å²) in [6.07, 6.45) is 0.489. The Bertz CT molecular complexity index is 965. The molecule has 1 aromatic carbocycles. The fraction of sp³-hybridized carbons (Fsp3) is 0.560. The van der Waals surface area contributed by atoms with Gasteiger partial charge in [0.25, 0.3) is 5.91 Å². The number of amides is 3. The first kappa shape index (κ1) is 28.6. The largest absolute Gasteiger partial charge is 0.505 e. The number of rotatable bonds is 10. The smallest absolute Gasteiger partial charge is 0.330 e. The summed E-state index contributed by atoms with van der Waals surface area (Å²) >= 11 is 0. The molecule has 4 N–H and O–H groups in total. The van der Waals surface area contributed by atoms with E-state index in [1.165, 1.54) is 18.2 Å². The molecule has 0 aliphatic carbocycles. The highest BCUT2D eigenvalue weighted by molar-refractivity contribution is 6.01. The lowest BCUT2D eigenvalue weighted by Crippen LogP contribution is -2.49. The molecular weight excluding hydrogens is 470 g/mol. The molecule has 11 heteroatoms. The number of carbonyl (C=O) groups excluding carboxylic acids is 5. The number of nitrogens with one attached hydrogen (secondary N) is 3. The Kier molecular flexibility index (Phi) is 10.7. The van der Waals surface area contributed by atoms with Crippen molar-refractivity contribution in [3.05, 3.63) is 23.8 Å². The van der Waals surface area contributed by atoms with Crippen LogP contribution in [-0.2, 0) is 28.7 Å². The van der Waals surface area contributed by atoms with Crippen LogP contribution in [0, 0.1) is 11.8 Å². The normalized spacial score (nSPS) is 22.4. The maximum Gasteiger partial charge on any atom is 0.330 e. The Morgan fingerprint density at radius 1 is 1.31 bits per heavy atom. The second-order valence-corrected chi connectivity index (χ2v) is 9.18. The van der Waals surface area contributed by atoms with E-state index >= 15 is 0 Å². The second kappa shape index (κ2) is 13.5. The molecule has 1 aromatic rings. The number of aromatic hydroxyl groups is 1. The van der Waals surface area contributed by atoms with Crippen molar-refractivity contribution in [2.24, 2.45) is 11.8 Å². The van der Waals surface area contributed by atoms with Gasteiger partial charge in [0.05, 0.1) is 17.2 Å². The lowest BCUT2D eigenvalue weighted by molar-refractivity contribution is -0.173. The number of cyclic esters (lactones) is 1. The number of anilines is 1. The molecule has 4 unspecified atom stereocenters. The lowest BCUT2D eigenvalue weighted by Gasteiger charge is -2.30. The third kappa shape index (κ3) is 7.69. The minimum Gasteiger partial charge on any atom is -0.505 e. The molecule has 11 nitrogen and oxygen atoms in total. The van der Waals surface area contributed by atoms with Crippen LogP contribution in [0.4, 0.5) is 5.69 Å². The van der Waals surface area contributed by atoms with Crippen molar-refractivity contribution >= 4 is 35.9 Å². The average Bonchev–Trinajstić information content (AvgIpc) is 2.84. The van der Waals surface area contributed by atoms with E-state index in [2.05, 4.69) is 16.0 Å². The maximum absolute atomic E-state index is 13.1. The average molecular weight is 506 g/mol. The van der Waals surface area contributed by atoms with Gasteiger partial charge in [-0.1, -0.05) is 39.7 Å². The summed E-state index contributed by atoms with van der Waals surface area (Å²) in [7, 11) is 0. The lowest BCUT2D eigenvalue weighted by atomic mass is 9.91. The van der Waals surface area contributed by atoms with E-state index < -0.39 is 53.7 Å². The zero-order valence-electron chi connectivity index (χ0n) is 21.0. The zero-order valence-corrected chi connectivity index (χ0v) is 21.0. The predicted molar refractivity (Wildman–Crippen MR) is 130 cm³/mol. The van der Waals surface area contributed by atoms with Crippen molar-refractivity contribution in [3.8, 4) is 5.75 Å². The Morgan fingerprint density at radius 3 is 2.67 bits per heavy atom. The van der Waals surface area contributed by atoms with Crippen LogP contribution in [0.3, 0.4) is 0 Å². The molecule has 1 fully saturated rings. The minimum atomic E-state index is -1.28. The van der Waals surface area contributed by atoms with E-state index in [4.69, 9.17) is 9.47 Å². The summed E-state index contributed by atoms with van der Waals surface area (Å²) in [6, 6.07) is 2.88. The van der Waals surface area contributed by atoms with E-state index in [1.807, 2.05) is 20.8 Å². The van der Waals surface area contributed by atoms with Crippen LogP contribution >= 0.6 is 0 Å². The van der Waals surface area contributed by atoms with Crippen molar-refractivity contribution in [1.82, 2.24) is 10.6 Å². The van der Waals surface area contributed by atoms with Gasteiger partial charge in [-0.3, -0.25) is 19.2 Å². The first-order valence-corrected chi connectivity index (χ1v) is 12.1. The van der Waals surface area contributed by atoms with Crippen molar-refractivity contribution in [2.45, 2.75) is 71.6 Å². The van der Waals surface area contributed by atoms with Crippen molar-refractivity contribution in [1.29, 1.82) is 0 Å². The molecular formula is C25H35N3O8. The van der Waals surface area contributed by atoms with Gasteiger partial charge in [0, 0.05) is 13.0 Å². The number of unbranched alkanes of at least 4 members (excludes halogenated alkanes) is 1. The van der Waals surface area contributed by atoms with Crippen molar-refractivity contribution in [2.75, 3.05) is 11.9 Å². The van der Waals surface area contributed by atoms with E-state index in [0.29, 0.717) is 19.3 Å². The quantitative estimate of drug-likeness (QED) is 0.213. The number of phenols is 1. The van der Waals surface area contributed by atoms with Crippen LogP contribution in [0.15, 0.2) is 18.2 Å². The van der Waals surface area contributed by atoms with Gasteiger partial charge in [-0.05, 0) is 31.4 Å². The minimum absolute atomic E-state index is 0.0152. The molecule has 3 amide bonds. The van der Waals surface area contributed by atoms with Crippen LogP contribution in [0.1, 0.15) is 63.7 Å². The molecule has 36 heavy (non-hydrogen) atoms. The Morgan fingerprint density at radius 2 is 2.03 bits per heavy atom. The SMILES string of the molecule is CCCCC1C(=O)NCC(NC(=O)c2cccc(NC=O)c2O)C(=O)OC(C)C1OC(=O)CC(C)C. The Labute approximate surface area is 210 Å². The predicted octanol–water partition coefficient (Wildman–Crippen LogP) is 1.88. The van der Waals surface area contributed by atoms with Crippen molar-refractivity contribution < 1.29 is 38.6 Å². The number of phenolic OH excluding ortho intramolecular Hbond substituents is 1. The molecule has 0 saturated carbocycles. The van der Waals surface area contributed by atoms with Gasteiger partial charge in [-0.2, -0.15) is 0 Å². The summed E-state index contributed by atoms with van der Waals surface area (Å²) < 4.78 is 11.2. The monoisotopic (exact) mass is 505 g/mol. The first-order chi connectivity index (χ1) is 17.1. The topological polar surface area (TPSA) is 160 Å². The molecule has 0 aromatic heterocycles. The van der Waals surface area contributed by atoms with Crippen LogP contribution in [0.2, 0.25) is 0 Å². The van der Waals surface area contributed by atoms with E-state index in [1.54, 1.807) is 6.92 Å². The van der Waals surface area contributed by atoms with Gasteiger partial charge in [0.1, 0.15) is 18.2 Å². The third-order valence-corrected chi connectivity index (χ3v) is 5.77. The number of hydrogen-bond donors (Lipinski definition) is 4. The standard InChI is InChI=1S/C25H35N3O8/c1-5-6-8-17-22(36-20(30)11-14(2)3)15(4)35-25(34)19(12-26-23(17)32)28-24(33)16-9-7-10-18(21(16)31)27-13-29/h7,9-10,13-15,17,19,22,31H,5-6,8,11-12H2,1-4H3,(H,26,32)(H,27,29)(H,28,33). The molecule has 0 bridgehead atoms. The molecule has 1 saturated heterocycles. The van der Waals surface area contributed by atoms with Crippen molar-refractivity contribution in [3.63, 3.8) is 0 Å². The molecule has 4 atom stereocenters. The van der Waals surface area contributed by atoms with Crippen LogP contribution < -0.4 is 16.0 Å². The fourth-order valence-corrected chi connectivity index (χ4v) is 3.91. The summed E-state index contributed by atoms with van der Waals surface area (Å²) in [5, 5.41) is 17.7. The van der Waals surface area contributed by atoms with Gasteiger partial charge in [0.15, 0.2) is 5.75 Å². The van der Waals surface area contributed by atoms with E-state index in [9.17, 15) is 29.1 Å². The van der Waals surface area contributed by atoms with Crippen LogP contribution in [-0.4, -0.2) is 60.1 Å². The molecule has 1 aliphatic heterocycles. The molecule has 1 heterocycles. The third-order valence-electron chi connectivity index (χ3n) is 5.77. The molecule has 198 valence electrons. The summed E-state index contributed by atoms with van der Waals surface area (Å²) in [6.45, 7) is 6.98. The first-order valence-electron chi connectivity index (χ1n) is 12.1. The highest BCUT2D eigenvalue weighted by Gasteiger charge is 2.40. The van der Waals surface area contributed by atoms with Gasteiger partial charge in [-0.15, -0.1) is 0 Å². The van der Waals surface area contributed by atoms with Gasteiger partial charge in [0.2, 0.25) is 12.3 Å². The zero-order chi connectivity index (χ0) is 26.8. The van der Waals surface area contributed by atoms with Gasteiger partial charge in [-0.25, -0.2) is 4.79 Å². The van der Waals surface area contributed by atoms with E-state index in [0.717, 1.165) is 6.42 Å². The molecule has 2 rings (SSSR count). The molecule has 1 aliphatic rings. The number of benzene rings is 1. The number of esters is 2. The van der Waals surface area contributed by atoms with Gasteiger partial charge >= 0.3 is 11.9 Å². The molecule has 0 radical (unpaired) electrons. The number of hydrogen-bond acceptors (Lipinski definition) is 8. The highest BCUT2D eigenvalue weighted by Crippen LogP contribution is 2.27. The van der Waals surface area contributed by atoms with Crippen LogP contribution in [0.5, 0.6) is 5.75 Å². The number of ether oxygens (including phenoxy) is 2. The summed E-state index contributed by atoms with van der Waals surface area (Å²) in [4.78, 5) is 62.0. The van der Waals surface area contributed by atoms with Crippen LogP contribution in [0.25, 0.3) is 0 Å².